The van der Waals surface area contributed by atoms with Gasteiger partial charge in [-0.15, -0.1) is 0 Å². The van der Waals surface area contributed by atoms with Crippen LogP contribution in [0.3, 0.4) is 0 Å². The lowest BCUT2D eigenvalue weighted by Crippen LogP contribution is -2.20. The summed E-state index contributed by atoms with van der Waals surface area (Å²) in [6.45, 7) is 0.711. The first kappa shape index (κ1) is 12.0. The van der Waals surface area contributed by atoms with E-state index in [1.807, 2.05) is 7.05 Å². The molecule has 0 N–H and O–H groups in total. The van der Waals surface area contributed by atoms with E-state index < -0.39 is 11.8 Å². The maximum atomic E-state index is 13.6. The van der Waals surface area contributed by atoms with Crippen LogP contribution in [0, 0.1) is 5.82 Å². The summed E-state index contributed by atoms with van der Waals surface area (Å²) in [7, 11) is 3.28. The SMILES string of the molecule is COC(=O)c1ccc(CN(C)C2CC2)cc1F. The first-order chi connectivity index (χ1) is 8.11. The van der Waals surface area contributed by atoms with Crippen molar-refractivity contribution in [2.24, 2.45) is 0 Å². The molecule has 2 rings (SSSR count). The predicted molar refractivity (Wildman–Crippen MR) is 62.2 cm³/mol. The average Bonchev–Trinajstić information content (AvgIpc) is 3.12. The molecule has 0 aromatic heterocycles. The van der Waals surface area contributed by atoms with Crippen LogP contribution in [0.25, 0.3) is 0 Å². The van der Waals surface area contributed by atoms with Crippen molar-refractivity contribution in [2.45, 2.75) is 25.4 Å². The normalized spacial score (nSPS) is 15.1. The molecule has 0 unspecified atom stereocenters. The highest BCUT2D eigenvalue weighted by molar-refractivity contribution is 5.89. The number of esters is 1. The van der Waals surface area contributed by atoms with E-state index in [4.69, 9.17) is 0 Å². The largest absolute Gasteiger partial charge is 0.465 e. The molecule has 92 valence electrons. The number of benzene rings is 1. The average molecular weight is 237 g/mol. The number of hydrogen-bond donors (Lipinski definition) is 0. The van der Waals surface area contributed by atoms with Gasteiger partial charge in [-0.3, -0.25) is 4.90 Å². The number of ether oxygens (including phenoxy) is 1. The van der Waals surface area contributed by atoms with Gasteiger partial charge in [0.2, 0.25) is 0 Å². The molecule has 3 nitrogen and oxygen atoms in total. The zero-order chi connectivity index (χ0) is 12.4. The van der Waals surface area contributed by atoms with Crippen molar-refractivity contribution >= 4 is 5.97 Å². The standard InChI is InChI=1S/C13H16FNO2/c1-15(10-4-5-10)8-9-3-6-11(12(14)7-9)13(16)17-2/h3,6-7,10H,4-5,8H2,1-2H3. The molecule has 0 spiro atoms. The Morgan fingerprint density at radius 3 is 2.76 bits per heavy atom. The Balaban J connectivity index is 2.09. The maximum absolute atomic E-state index is 13.6. The van der Waals surface area contributed by atoms with Crippen LogP contribution in [0.4, 0.5) is 4.39 Å². The minimum absolute atomic E-state index is 0.00896. The molecule has 1 fully saturated rings. The number of nitrogens with zero attached hydrogens (tertiary/aromatic N) is 1. The maximum Gasteiger partial charge on any atom is 0.340 e. The topological polar surface area (TPSA) is 29.5 Å². The highest BCUT2D eigenvalue weighted by Crippen LogP contribution is 2.26. The third kappa shape index (κ3) is 2.82. The van der Waals surface area contributed by atoms with E-state index in [9.17, 15) is 9.18 Å². The summed E-state index contributed by atoms with van der Waals surface area (Å²) >= 11 is 0. The van der Waals surface area contributed by atoms with E-state index in [0.29, 0.717) is 12.6 Å². The van der Waals surface area contributed by atoms with Gasteiger partial charge in [0, 0.05) is 12.6 Å². The van der Waals surface area contributed by atoms with Crippen LogP contribution in [0.5, 0.6) is 0 Å². The van der Waals surface area contributed by atoms with Gasteiger partial charge in [-0.2, -0.15) is 0 Å². The van der Waals surface area contributed by atoms with Gasteiger partial charge in [0.25, 0.3) is 0 Å². The van der Waals surface area contributed by atoms with Gasteiger partial charge >= 0.3 is 5.97 Å². The molecule has 1 aromatic carbocycles. The number of carbonyl (C=O) groups is 1. The molecule has 1 saturated carbocycles. The number of halogens is 1. The minimum Gasteiger partial charge on any atom is -0.465 e. The number of carbonyl (C=O) groups excluding carboxylic acids is 1. The molecule has 0 amide bonds. The number of methoxy groups -OCH3 is 1. The van der Waals surface area contributed by atoms with E-state index >= 15 is 0 Å². The number of rotatable bonds is 4. The molecule has 4 heteroatoms. The van der Waals surface area contributed by atoms with Crippen molar-refractivity contribution in [1.29, 1.82) is 0 Å². The first-order valence-corrected chi connectivity index (χ1v) is 5.69. The van der Waals surface area contributed by atoms with Crippen molar-refractivity contribution in [2.75, 3.05) is 14.2 Å². The van der Waals surface area contributed by atoms with Gasteiger partial charge in [-0.1, -0.05) is 6.07 Å². The van der Waals surface area contributed by atoms with E-state index in [2.05, 4.69) is 9.64 Å². The lowest BCUT2D eigenvalue weighted by atomic mass is 10.1. The van der Waals surface area contributed by atoms with Gasteiger partial charge in [0.05, 0.1) is 12.7 Å². The second-order valence-corrected chi connectivity index (χ2v) is 4.45. The highest BCUT2D eigenvalue weighted by atomic mass is 19.1. The molecule has 0 saturated heterocycles. The third-order valence-electron chi connectivity index (χ3n) is 3.04. The van der Waals surface area contributed by atoms with Crippen LogP contribution < -0.4 is 0 Å². The molecule has 1 aromatic rings. The van der Waals surface area contributed by atoms with E-state index in [1.54, 1.807) is 6.07 Å². The Kier molecular flexibility index (Phi) is 3.43. The molecular formula is C13H16FNO2. The second-order valence-electron chi connectivity index (χ2n) is 4.45. The van der Waals surface area contributed by atoms with E-state index in [-0.39, 0.29) is 5.56 Å². The summed E-state index contributed by atoms with van der Waals surface area (Å²) in [6, 6.07) is 5.30. The lowest BCUT2D eigenvalue weighted by Gasteiger charge is -2.15. The summed E-state index contributed by atoms with van der Waals surface area (Å²) in [6.07, 6.45) is 2.44. The van der Waals surface area contributed by atoms with Crippen LogP contribution in [-0.2, 0) is 11.3 Å². The fourth-order valence-electron chi connectivity index (χ4n) is 1.86. The Morgan fingerprint density at radius 1 is 1.53 bits per heavy atom. The van der Waals surface area contributed by atoms with Crippen LogP contribution in [0.15, 0.2) is 18.2 Å². The van der Waals surface area contributed by atoms with Crippen LogP contribution in [-0.4, -0.2) is 31.1 Å². The summed E-state index contributed by atoms with van der Waals surface area (Å²) in [5.41, 5.74) is 0.870. The first-order valence-electron chi connectivity index (χ1n) is 5.69. The van der Waals surface area contributed by atoms with Gasteiger partial charge in [0.1, 0.15) is 5.82 Å². The monoisotopic (exact) mass is 237 g/mol. The van der Waals surface area contributed by atoms with Gasteiger partial charge in [-0.05, 0) is 37.6 Å². The van der Waals surface area contributed by atoms with Crippen molar-refractivity contribution in [3.8, 4) is 0 Å². The summed E-state index contributed by atoms with van der Waals surface area (Å²) in [5.74, 6) is -1.15. The van der Waals surface area contributed by atoms with E-state index in [1.165, 1.54) is 32.1 Å². The van der Waals surface area contributed by atoms with Gasteiger partial charge < -0.3 is 4.74 Å². The van der Waals surface area contributed by atoms with Gasteiger partial charge in [0.15, 0.2) is 0 Å². The van der Waals surface area contributed by atoms with Crippen molar-refractivity contribution < 1.29 is 13.9 Å². The fraction of sp³-hybridized carbons (Fsp3) is 0.462. The van der Waals surface area contributed by atoms with Crippen molar-refractivity contribution in [1.82, 2.24) is 4.90 Å². The fourth-order valence-corrected chi connectivity index (χ4v) is 1.86. The minimum atomic E-state index is -0.635. The highest BCUT2D eigenvalue weighted by Gasteiger charge is 2.26. The van der Waals surface area contributed by atoms with Crippen molar-refractivity contribution in [3.63, 3.8) is 0 Å². The predicted octanol–water partition coefficient (Wildman–Crippen LogP) is 2.21. The van der Waals surface area contributed by atoms with E-state index in [0.717, 1.165) is 5.56 Å². The third-order valence-corrected chi connectivity index (χ3v) is 3.04. The Hall–Kier alpha value is -1.42. The zero-order valence-corrected chi connectivity index (χ0v) is 10.1. The lowest BCUT2D eigenvalue weighted by molar-refractivity contribution is 0.0595. The van der Waals surface area contributed by atoms with Gasteiger partial charge in [-0.25, -0.2) is 9.18 Å². The molecule has 0 atom stereocenters. The molecule has 0 bridgehead atoms. The Labute approximate surface area is 100 Å². The molecular weight excluding hydrogens is 221 g/mol. The summed E-state index contributed by atoms with van der Waals surface area (Å²) < 4.78 is 18.1. The number of hydrogen-bond acceptors (Lipinski definition) is 3. The molecule has 1 aliphatic carbocycles. The van der Waals surface area contributed by atoms with Crippen molar-refractivity contribution in [3.05, 3.63) is 35.1 Å². The van der Waals surface area contributed by atoms with Crippen LogP contribution in [0.1, 0.15) is 28.8 Å². The summed E-state index contributed by atoms with van der Waals surface area (Å²) in [4.78, 5) is 13.4. The molecule has 0 radical (unpaired) electrons. The smallest absolute Gasteiger partial charge is 0.340 e. The summed E-state index contributed by atoms with van der Waals surface area (Å²) in [5, 5.41) is 0. The van der Waals surface area contributed by atoms with Crippen LogP contribution >= 0.6 is 0 Å². The molecule has 1 aliphatic rings. The zero-order valence-electron chi connectivity index (χ0n) is 10.1. The molecule has 0 heterocycles. The molecule has 17 heavy (non-hydrogen) atoms. The Bertz CT molecular complexity index is 429. The molecule has 0 aliphatic heterocycles. The quantitative estimate of drug-likeness (QED) is 0.752. The Morgan fingerprint density at radius 2 is 2.24 bits per heavy atom. The van der Waals surface area contributed by atoms with Crippen LogP contribution in [0.2, 0.25) is 0 Å². The second kappa shape index (κ2) is 4.84.